The van der Waals surface area contributed by atoms with Crippen LogP contribution in [-0.2, 0) is 10.3 Å². The number of aromatic nitrogens is 1. The Labute approximate surface area is 174 Å². The number of aliphatic imine (C=N–C) groups is 1. The minimum atomic E-state index is -3.14. The Morgan fingerprint density at radius 3 is 2.90 bits per heavy atom. The van der Waals surface area contributed by atoms with Crippen LogP contribution in [0.5, 0.6) is 11.6 Å². The lowest BCUT2D eigenvalue weighted by molar-refractivity contribution is -0.0145. The molecule has 2 heterocycles. The fourth-order valence-corrected chi connectivity index (χ4v) is 2.86. The molecule has 0 aliphatic carbocycles. The molecule has 30 heavy (non-hydrogen) atoms. The predicted molar refractivity (Wildman–Crippen MR) is 102 cm³/mol. The first-order valence-electron chi connectivity index (χ1n) is 10.0. The summed E-state index contributed by atoms with van der Waals surface area (Å²) in [5.74, 6) is -1.42. The number of halogens is 3. The van der Waals surface area contributed by atoms with Crippen LogP contribution in [0, 0.1) is 12.7 Å². The molecular weight excluding hydrogens is 405 g/mol. The van der Waals surface area contributed by atoms with E-state index in [9.17, 15) is 18.0 Å². The van der Waals surface area contributed by atoms with Crippen LogP contribution in [-0.4, -0.2) is 43.6 Å². The highest BCUT2D eigenvalue weighted by Gasteiger charge is 2.46. The molecule has 0 spiro atoms. The Balaban J connectivity index is 1.80. The molecule has 3 rings (SSSR count). The highest BCUT2D eigenvalue weighted by Crippen LogP contribution is 2.38. The molecule has 0 saturated heterocycles. The largest absolute Gasteiger partial charge is 0.495 e. The number of nitrogens with two attached hydrogens (primary N) is 1. The number of rotatable bonds is 5. The second-order valence-corrected chi connectivity index (χ2v) is 6.43. The van der Waals surface area contributed by atoms with Gasteiger partial charge in [0.25, 0.3) is 6.43 Å². The summed E-state index contributed by atoms with van der Waals surface area (Å²) in [4.78, 5) is 19.9. The lowest BCUT2D eigenvalue weighted by Gasteiger charge is -2.33. The Bertz CT molecular complexity index is 1080. The fraction of sp³-hybridized carbons (Fsp3) is 0.316. The number of ether oxygens (including phenoxy) is 3. The third-order valence-electron chi connectivity index (χ3n) is 4.27. The number of amidine groups is 1. The first-order valence-corrected chi connectivity index (χ1v) is 8.54. The maximum atomic E-state index is 14.5. The van der Waals surface area contributed by atoms with Crippen molar-refractivity contribution in [2.45, 2.75) is 18.9 Å². The van der Waals surface area contributed by atoms with Crippen molar-refractivity contribution in [3.8, 4) is 11.6 Å². The molecule has 2 aromatic rings. The molecule has 1 aliphatic heterocycles. The van der Waals surface area contributed by atoms with Crippen molar-refractivity contribution >= 4 is 17.6 Å². The molecule has 0 fully saturated rings. The second-order valence-electron chi connectivity index (χ2n) is 6.43. The zero-order valence-corrected chi connectivity index (χ0v) is 15.6. The van der Waals surface area contributed by atoms with Crippen LogP contribution in [0.25, 0.3) is 0 Å². The number of alkyl halides is 2. The second kappa shape index (κ2) is 8.57. The molecule has 0 bridgehead atoms. The van der Waals surface area contributed by atoms with E-state index < -0.39 is 43.1 Å². The molecule has 3 N–H and O–H groups in total. The van der Waals surface area contributed by atoms with Crippen LogP contribution in [0.3, 0.4) is 0 Å². The molecule has 1 aromatic heterocycles. The third kappa shape index (κ3) is 4.30. The van der Waals surface area contributed by atoms with Crippen molar-refractivity contribution in [3.05, 3.63) is 47.4 Å². The number of aryl methyl sites for hydroxylation is 1. The lowest BCUT2D eigenvalue weighted by atomic mass is 9.90. The van der Waals surface area contributed by atoms with E-state index in [2.05, 4.69) is 15.3 Å². The minimum absolute atomic E-state index is 0.0595. The van der Waals surface area contributed by atoms with Gasteiger partial charge in [-0.05, 0) is 31.2 Å². The van der Waals surface area contributed by atoms with E-state index in [0.29, 0.717) is 0 Å². The molecular formula is C19H19F3N4O4. The van der Waals surface area contributed by atoms with E-state index in [1.54, 1.807) is 0 Å². The number of carbonyl (C=O) groups is 1. The van der Waals surface area contributed by atoms with Crippen molar-refractivity contribution in [1.82, 2.24) is 4.98 Å². The standard InChI is InChI=1S/C19H19F3N4O4/c1-10-5-12(28-2)7-24-16(10)30-18(27)25-11-3-4-14(20)13(6-11)19(17(21)22)9-29-8-15(23)26-19/h3-7,17H,8-9H2,1-2H3,(H2,23,26)(H,25,27)/i2D3. The van der Waals surface area contributed by atoms with Gasteiger partial charge in [-0.15, -0.1) is 0 Å². The van der Waals surface area contributed by atoms with E-state index in [1.165, 1.54) is 13.0 Å². The van der Waals surface area contributed by atoms with Crippen molar-refractivity contribution in [1.29, 1.82) is 0 Å². The average Bonchev–Trinajstić information content (AvgIpc) is 2.70. The molecule has 1 aromatic carbocycles. The number of anilines is 1. The van der Waals surface area contributed by atoms with Crippen LogP contribution < -0.4 is 20.5 Å². The van der Waals surface area contributed by atoms with Gasteiger partial charge in [0.1, 0.15) is 24.0 Å². The molecule has 160 valence electrons. The zero-order chi connectivity index (χ0) is 24.4. The molecule has 1 amide bonds. The fourth-order valence-electron chi connectivity index (χ4n) is 2.86. The van der Waals surface area contributed by atoms with Crippen LogP contribution in [0.4, 0.5) is 23.7 Å². The van der Waals surface area contributed by atoms with Crippen LogP contribution in [0.15, 0.2) is 35.5 Å². The number of hydrogen-bond donors (Lipinski definition) is 2. The summed E-state index contributed by atoms with van der Waals surface area (Å²) in [7, 11) is -2.68. The molecule has 0 saturated carbocycles. The maximum Gasteiger partial charge on any atom is 0.418 e. The maximum absolute atomic E-state index is 14.5. The number of amides is 1. The summed E-state index contributed by atoms with van der Waals surface area (Å²) in [5.41, 5.74) is 2.87. The van der Waals surface area contributed by atoms with Gasteiger partial charge in [0, 0.05) is 16.8 Å². The number of carbonyl (C=O) groups excluding carboxylic acids is 1. The Morgan fingerprint density at radius 2 is 2.23 bits per heavy atom. The van der Waals surface area contributed by atoms with Gasteiger partial charge in [-0.25, -0.2) is 22.9 Å². The smallest absolute Gasteiger partial charge is 0.418 e. The molecule has 1 atom stereocenters. The number of methoxy groups -OCH3 is 1. The third-order valence-corrected chi connectivity index (χ3v) is 4.27. The summed E-state index contributed by atoms with van der Waals surface area (Å²) in [5, 5.41) is 2.29. The highest BCUT2D eigenvalue weighted by molar-refractivity contribution is 5.86. The highest BCUT2D eigenvalue weighted by atomic mass is 19.3. The summed E-state index contributed by atoms with van der Waals surface area (Å²) >= 11 is 0. The summed E-state index contributed by atoms with van der Waals surface area (Å²) in [6.07, 6.45) is -3.15. The molecule has 11 heteroatoms. The van der Waals surface area contributed by atoms with Crippen molar-refractivity contribution in [2.24, 2.45) is 10.7 Å². The van der Waals surface area contributed by atoms with E-state index in [0.717, 1.165) is 24.4 Å². The van der Waals surface area contributed by atoms with Gasteiger partial charge in [-0.2, -0.15) is 0 Å². The molecule has 1 aliphatic rings. The normalized spacial score (nSPS) is 20.6. The Morgan fingerprint density at radius 1 is 1.43 bits per heavy atom. The van der Waals surface area contributed by atoms with E-state index in [-0.39, 0.29) is 35.3 Å². The van der Waals surface area contributed by atoms with Crippen LogP contribution in [0.2, 0.25) is 0 Å². The van der Waals surface area contributed by atoms with Crippen molar-refractivity contribution < 1.29 is 36.3 Å². The summed E-state index contributed by atoms with van der Waals surface area (Å²) < 4.78 is 78.4. The number of benzene rings is 1. The van der Waals surface area contributed by atoms with Gasteiger partial charge in [-0.3, -0.25) is 10.3 Å². The summed E-state index contributed by atoms with van der Waals surface area (Å²) in [6.45, 7) is 0.725. The molecule has 0 radical (unpaired) electrons. The van der Waals surface area contributed by atoms with Crippen molar-refractivity contribution in [2.75, 3.05) is 25.6 Å². The quantitative estimate of drug-likeness (QED) is 0.760. The number of hydrogen-bond acceptors (Lipinski definition) is 7. The van der Waals surface area contributed by atoms with E-state index in [4.69, 9.17) is 24.1 Å². The Hall–Kier alpha value is -3.34. The van der Waals surface area contributed by atoms with Gasteiger partial charge >= 0.3 is 6.09 Å². The van der Waals surface area contributed by atoms with E-state index in [1.807, 2.05) is 0 Å². The number of nitrogens with zero attached hydrogens (tertiary/aromatic N) is 2. The van der Waals surface area contributed by atoms with Gasteiger partial charge in [0.05, 0.1) is 24.0 Å². The van der Waals surface area contributed by atoms with Crippen LogP contribution >= 0.6 is 0 Å². The van der Waals surface area contributed by atoms with E-state index >= 15 is 0 Å². The van der Waals surface area contributed by atoms with Gasteiger partial charge < -0.3 is 19.9 Å². The van der Waals surface area contributed by atoms with Crippen molar-refractivity contribution in [3.63, 3.8) is 0 Å². The number of pyridine rings is 1. The topological polar surface area (TPSA) is 108 Å². The van der Waals surface area contributed by atoms with Gasteiger partial charge in [0.15, 0.2) is 5.54 Å². The minimum Gasteiger partial charge on any atom is -0.495 e. The molecule has 8 nitrogen and oxygen atoms in total. The van der Waals surface area contributed by atoms with Crippen LogP contribution in [0.1, 0.15) is 15.2 Å². The van der Waals surface area contributed by atoms with Gasteiger partial charge in [0.2, 0.25) is 5.88 Å². The predicted octanol–water partition coefficient (Wildman–Crippen LogP) is 3.00. The summed E-state index contributed by atoms with van der Waals surface area (Å²) in [6, 6.07) is 4.32. The first-order chi connectivity index (χ1) is 15.4. The first kappa shape index (κ1) is 17.5. The number of nitrogens with one attached hydrogen (secondary N) is 1. The lowest BCUT2D eigenvalue weighted by Crippen LogP contribution is -2.45. The Kier molecular flexibility index (Phi) is 5.01. The zero-order valence-electron chi connectivity index (χ0n) is 18.6. The average molecular weight is 427 g/mol. The monoisotopic (exact) mass is 427 g/mol. The SMILES string of the molecule is [2H]C([2H])([2H])Oc1cnc(OC(=O)Nc2ccc(F)c(C3(C(F)F)COCC(N)=N3)c2)c(C)c1. The molecule has 1 unspecified atom stereocenters. The van der Waals surface area contributed by atoms with Gasteiger partial charge in [-0.1, -0.05) is 0 Å².